The van der Waals surface area contributed by atoms with E-state index < -0.39 is 0 Å². The zero-order valence-corrected chi connectivity index (χ0v) is 16.5. The van der Waals surface area contributed by atoms with Crippen molar-refractivity contribution in [1.29, 1.82) is 0 Å². The van der Waals surface area contributed by atoms with Gasteiger partial charge in [0, 0.05) is 44.2 Å². The number of nitrogens with one attached hydrogen (secondary N) is 1. The van der Waals surface area contributed by atoms with Crippen molar-refractivity contribution in [2.24, 2.45) is 0 Å². The highest BCUT2D eigenvalue weighted by Crippen LogP contribution is 2.17. The summed E-state index contributed by atoms with van der Waals surface area (Å²) >= 11 is 0. The van der Waals surface area contributed by atoms with E-state index >= 15 is 0 Å². The summed E-state index contributed by atoms with van der Waals surface area (Å²) in [6, 6.07) is 16.1. The SMILES string of the molecule is CN(CCCNC(=O)CCCc1nc(-c2ccc(F)cc2)no1)c1ccccc1. The number of nitrogens with zero attached hydrogens (tertiary/aromatic N) is 3. The minimum atomic E-state index is -0.310. The van der Waals surface area contributed by atoms with Crippen LogP contribution in [0, 0.1) is 5.82 Å². The number of aryl methyl sites for hydroxylation is 1. The van der Waals surface area contributed by atoms with Crippen molar-refractivity contribution in [2.75, 3.05) is 25.0 Å². The quantitative estimate of drug-likeness (QED) is 0.527. The molecular weight excluding hydrogens is 371 g/mol. The van der Waals surface area contributed by atoms with Gasteiger partial charge in [-0.15, -0.1) is 0 Å². The van der Waals surface area contributed by atoms with Crippen LogP contribution < -0.4 is 10.2 Å². The lowest BCUT2D eigenvalue weighted by Crippen LogP contribution is -2.28. The summed E-state index contributed by atoms with van der Waals surface area (Å²) in [7, 11) is 2.04. The van der Waals surface area contributed by atoms with Crippen molar-refractivity contribution in [3.8, 4) is 11.4 Å². The summed E-state index contributed by atoms with van der Waals surface area (Å²) in [5.74, 6) is 0.606. The van der Waals surface area contributed by atoms with Crippen molar-refractivity contribution >= 4 is 11.6 Å². The second-order valence-electron chi connectivity index (χ2n) is 6.83. The second kappa shape index (κ2) is 10.4. The molecule has 0 aliphatic carbocycles. The van der Waals surface area contributed by atoms with E-state index in [2.05, 4.69) is 32.5 Å². The molecule has 0 aliphatic heterocycles. The van der Waals surface area contributed by atoms with E-state index in [-0.39, 0.29) is 11.7 Å². The van der Waals surface area contributed by atoms with Gasteiger partial charge in [0.25, 0.3) is 0 Å². The van der Waals surface area contributed by atoms with Gasteiger partial charge < -0.3 is 14.7 Å². The number of hydrogen-bond donors (Lipinski definition) is 1. The fourth-order valence-electron chi connectivity index (χ4n) is 2.92. The summed E-state index contributed by atoms with van der Waals surface area (Å²) in [5.41, 5.74) is 1.86. The molecule has 0 saturated carbocycles. The highest BCUT2D eigenvalue weighted by Gasteiger charge is 2.10. The lowest BCUT2D eigenvalue weighted by Gasteiger charge is -2.19. The number of carbonyl (C=O) groups is 1. The lowest BCUT2D eigenvalue weighted by atomic mass is 10.2. The summed E-state index contributed by atoms with van der Waals surface area (Å²) < 4.78 is 18.2. The van der Waals surface area contributed by atoms with E-state index in [9.17, 15) is 9.18 Å². The molecule has 0 saturated heterocycles. The van der Waals surface area contributed by atoms with Gasteiger partial charge in [-0.1, -0.05) is 23.4 Å². The Hall–Kier alpha value is -3.22. The maximum atomic E-state index is 13.0. The predicted molar refractivity (Wildman–Crippen MR) is 110 cm³/mol. The van der Waals surface area contributed by atoms with Gasteiger partial charge >= 0.3 is 0 Å². The van der Waals surface area contributed by atoms with Gasteiger partial charge in [-0.25, -0.2) is 4.39 Å². The van der Waals surface area contributed by atoms with Crippen LogP contribution in [0.25, 0.3) is 11.4 Å². The Morgan fingerprint density at radius 2 is 1.86 bits per heavy atom. The Labute approximate surface area is 169 Å². The number of halogens is 1. The molecule has 0 spiro atoms. The molecule has 0 unspecified atom stereocenters. The Bertz CT molecular complexity index is 897. The molecule has 7 heteroatoms. The average Bonchev–Trinajstić information content (AvgIpc) is 3.21. The first kappa shape index (κ1) is 20.5. The highest BCUT2D eigenvalue weighted by atomic mass is 19.1. The molecule has 3 aromatic rings. The molecule has 29 heavy (non-hydrogen) atoms. The van der Waals surface area contributed by atoms with Gasteiger partial charge in [-0.05, 0) is 49.2 Å². The molecule has 1 heterocycles. The first-order chi connectivity index (χ1) is 14.1. The van der Waals surface area contributed by atoms with Crippen molar-refractivity contribution in [3.63, 3.8) is 0 Å². The molecule has 0 radical (unpaired) electrons. The third-order valence-electron chi connectivity index (χ3n) is 4.55. The topological polar surface area (TPSA) is 71.3 Å². The van der Waals surface area contributed by atoms with Crippen LogP contribution >= 0.6 is 0 Å². The summed E-state index contributed by atoms with van der Waals surface area (Å²) in [6.07, 6.45) is 2.43. The zero-order valence-electron chi connectivity index (χ0n) is 16.5. The van der Waals surface area contributed by atoms with Gasteiger partial charge in [-0.2, -0.15) is 4.98 Å². The molecule has 0 aliphatic rings. The van der Waals surface area contributed by atoms with E-state index in [0.29, 0.717) is 43.1 Å². The molecule has 152 valence electrons. The summed E-state index contributed by atoms with van der Waals surface area (Å²) in [4.78, 5) is 18.4. The third-order valence-corrected chi connectivity index (χ3v) is 4.55. The average molecular weight is 396 g/mol. The minimum absolute atomic E-state index is 0.0191. The summed E-state index contributed by atoms with van der Waals surface area (Å²) in [6.45, 7) is 1.52. The van der Waals surface area contributed by atoms with Gasteiger partial charge in [-0.3, -0.25) is 4.79 Å². The molecule has 6 nitrogen and oxygen atoms in total. The standard InChI is InChI=1S/C22H25FN4O2/c1-27(19-7-3-2-4-8-19)16-6-15-24-20(28)9-5-10-21-25-22(26-29-21)17-11-13-18(23)14-12-17/h2-4,7-8,11-14H,5-6,9-10,15-16H2,1H3,(H,24,28). The fraction of sp³-hybridized carbons (Fsp3) is 0.318. The number of para-hydroxylation sites is 1. The third kappa shape index (κ3) is 6.41. The van der Waals surface area contributed by atoms with E-state index in [4.69, 9.17) is 4.52 Å². The van der Waals surface area contributed by atoms with Gasteiger partial charge in [0.1, 0.15) is 5.82 Å². The van der Waals surface area contributed by atoms with E-state index in [0.717, 1.165) is 13.0 Å². The number of hydrogen-bond acceptors (Lipinski definition) is 5. The molecule has 0 bridgehead atoms. The summed E-state index contributed by atoms with van der Waals surface area (Å²) in [5, 5.41) is 6.85. The number of carbonyl (C=O) groups excluding carboxylic acids is 1. The minimum Gasteiger partial charge on any atom is -0.375 e. The Morgan fingerprint density at radius 3 is 2.62 bits per heavy atom. The van der Waals surface area contributed by atoms with Crippen LogP contribution in [0.4, 0.5) is 10.1 Å². The maximum absolute atomic E-state index is 13.0. The van der Waals surface area contributed by atoms with Crippen LogP contribution in [0.2, 0.25) is 0 Å². The molecule has 0 atom stereocenters. The molecule has 1 N–H and O–H groups in total. The predicted octanol–water partition coefficient (Wildman–Crippen LogP) is 3.84. The Morgan fingerprint density at radius 1 is 1.10 bits per heavy atom. The second-order valence-corrected chi connectivity index (χ2v) is 6.83. The van der Waals surface area contributed by atoms with E-state index in [1.54, 1.807) is 12.1 Å². The number of benzene rings is 2. The Kier molecular flexibility index (Phi) is 7.33. The van der Waals surface area contributed by atoms with E-state index in [1.807, 2.05) is 25.2 Å². The number of anilines is 1. The Balaban J connectivity index is 1.31. The van der Waals surface area contributed by atoms with Gasteiger partial charge in [0.05, 0.1) is 0 Å². The van der Waals surface area contributed by atoms with Crippen LogP contribution in [-0.2, 0) is 11.2 Å². The van der Waals surface area contributed by atoms with Crippen LogP contribution in [0.15, 0.2) is 59.1 Å². The van der Waals surface area contributed by atoms with Crippen LogP contribution in [0.3, 0.4) is 0 Å². The lowest BCUT2D eigenvalue weighted by molar-refractivity contribution is -0.121. The molecule has 1 aromatic heterocycles. The fourth-order valence-corrected chi connectivity index (χ4v) is 2.92. The normalized spacial score (nSPS) is 10.7. The zero-order chi connectivity index (χ0) is 20.5. The molecule has 2 aromatic carbocycles. The maximum Gasteiger partial charge on any atom is 0.226 e. The van der Waals surface area contributed by atoms with Crippen LogP contribution in [-0.4, -0.2) is 36.2 Å². The molecule has 1 amide bonds. The van der Waals surface area contributed by atoms with Gasteiger partial charge in [0.2, 0.25) is 17.6 Å². The largest absolute Gasteiger partial charge is 0.375 e. The monoisotopic (exact) mass is 396 g/mol. The van der Waals surface area contributed by atoms with E-state index in [1.165, 1.54) is 17.8 Å². The van der Waals surface area contributed by atoms with Crippen LogP contribution in [0.1, 0.15) is 25.2 Å². The highest BCUT2D eigenvalue weighted by molar-refractivity contribution is 5.75. The van der Waals surface area contributed by atoms with Crippen molar-refractivity contribution in [1.82, 2.24) is 15.5 Å². The first-order valence-electron chi connectivity index (χ1n) is 9.73. The molecular formula is C22H25FN4O2. The number of rotatable bonds is 10. The molecule has 0 fully saturated rings. The van der Waals surface area contributed by atoms with Crippen molar-refractivity contribution in [3.05, 3.63) is 66.3 Å². The first-order valence-corrected chi connectivity index (χ1v) is 9.73. The van der Waals surface area contributed by atoms with Crippen molar-refractivity contribution < 1.29 is 13.7 Å². The van der Waals surface area contributed by atoms with Crippen molar-refractivity contribution in [2.45, 2.75) is 25.7 Å². The molecule has 3 rings (SSSR count). The van der Waals surface area contributed by atoms with Gasteiger partial charge in [0.15, 0.2) is 0 Å². The smallest absolute Gasteiger partial charge is 0.226 e. The number of amides is 1. The number of aromatic nitrogens is 2. The van der Waals surface area contributed by atoms with Crippen LogP contribution in [0.5, 0.6) is 0 Å².